The molecule has 1 aromatic heterocycles. The summed E-state index contributed by atoms with van der Waals surface area (Å²) < 4.78 is 4.42. The van der Waals surface area contributed by atoms with E-state index < -0.39 is 6.16 Å². The second-order valence-electron chi connectivity index (χ2n) is 2.69. The number of carbonyl (C=O) groups excluding carboxylic acids is 1. The lowest BCUT2D eigenvalue weighted by Crippen LogP contribution is -2.03. The number of ether oxygens (including phenoxy) is 1. The molecule has 0 aliphatic rings. The molecule has 1 aromatic carbocycles. The van der Waals surface area contributed by atoms with Crippen molar-refractivity contribution in [2.75, 3.05) is 0 Å². The minimum absolute atomic E-state index is 0.0584. The van der Waals surface area contributed by atoms with Crippen molar-refractivity contribution in [2.24, 2.45) is 0 Å². The van der Waals surface area contributed by atoms with Crippen molar-refractivity contribution in [1.82, 2.24) is 4.98 Å². The Morgan fingerprint density at radius 2 is 2.00 bits per heavy atom. The summed E-state index contributed by atoms with van der Waals surface area (Å²) in [6, 6.07) is 8.99. The van der Waals surface area contributed by atoms with Crippen LogP contribution in [0.25, 0.3) is 10.8 Å². The van der Waals surface area contributed by atoms with Crippen molar-refractivity contribution >= 4 is 16.9 Å². The predicted octanol–water partition coefficient (Wildman–Crippen LogP) is 2.16. The quantitative estimate of drug-likeness (QED) is 0.644. The number of benzene rings is 1. The van der Waals surface area contributed by atoms with Gasteiger partial charge in [-0.25, -0.2) is 4.98 Å². The molecule has 1 radical (unpaired) electrons. The third-order valence-corrected chi connectivity index (χ3v) is 1.82. The standard InChI is InChI=1S/C10H6NO3/c12-10(13)14-9-8-4-2-1-3-7(8)5-6-11-9/h1-6H. The van der Waals surface area contributed by atoms with Crippen molar-refractivity contribution in [2.45, 2.75) is 0 Å². The van der Waals surface area contributed by atoms with E-state index in [2.05, 4.69) is 9.72 Å². The molecule has 69 valence electrons. The van der Waals surface area contributed by atoms with Gasteiger partial charge in [-0.1, -0.05) is 18.2 Å². The van der Waals surface area contributed by atoms with Crippen LogP contribution >= 0.6 is 0 Å². The van der Waals surface area contributed by atoms with Crippen LogP contribution in [0.1, 0.15) is 0 Å². The Bertz CT molecular complexity index is 476. The first-order valence-electron chi connectivity index (χ1n) is 4.00. The van der Waals surface area contributed by atoms with Gasteiger partial charge < -0.3 is 4.74 Å². The zero-order valence-corrected chi connectivity index (χ0v) is 7.14. The molecule has 0 amide bonds. The Morgan fingerprint density at radius 3 is 2.79 bits per heavy atom. The molecular formula is C10H6NO3. The molecule has 0 saturated heterocycles. The van der Waals surface area contributed by atoms with E-state index in [1.807, 2.05) is 12.1 Å². The fourth-order valence-electron chi connectivity index (χ4n) is 1.25. The van der Waals surface area contributed by atoms with Gasteiger partial charge >= 0.3 is 6.16 Å². The smallest absolute Gasteiger partial charge is 0.373 e. The van der Waals surface area contributed by atoms with E-state index in [1.165, 1.54) is 6.20 Å². The summed E-state index contributed by atoms with van der Waals surface area (Å²) in [7, 11) is 0. The molecule has 0 fully saturated rings. The van der Waals surface area contributed by atoms with E-state index in [9.17, 15) is 9.90 Å². The van der Waals surface area contributed by atoms with E-state index in [4.69, 9.17) is 0 Å². The number of aromatic nitrogens is 1. The zero-order chi connectivity index (χ0) is 9.97. The fourth-order valence-corrected chi connectivity index (χ4v) is 1.25. The third-order valence-electron chi connectivity index (χ3n) is 1.82. The Balaban J connectivity index is 2.59. The van der Waals surface area contributed by atoms with Gasteiger partial charge in [0.1, 0.15) is 0 Å². The first-order valence-corrected chi connectivity index (χ1v) is 4.00. The predicted molar refractivity (Wildman–Crippen MR) is 48.5 cm³/mol. The van der Waals surface area contributed by atoms with Crippen molar-refractivity contribution in [3.05, 3.63) is 36.5 Å². The third kappa shape index (κ3) is 1.50. The molecule has 0 aliphatic heterocycles. The molecule has 14 heavy (non-hydrogen) atoms. The van der Waals surface area contributed by atoms with Gasteiger partial charge in [0.05, 0.1) is 0 Å². The number of hydrogen-bond donors (Lipinski definition) is 0. The van der Waals surface area contributed by atoms with Crippen molar-refractivity contribution < 1.29 is 14.6 Å². The first-order chi connectivity index (χ1) is 6.77. The Morgan fingerprint density at radius 1 is 1.21 bits per heavy atom. The molecule has 4 heteroatoms. The number of fused-ring (bicyclic) bond motifs is 1. The van der Waals surface area contributed by atoms with Gasteiger partial charge in [0.2, 0.25) is 5.88 Å². The highest BCUT2D eigenvalue weighted by molar-refractivity contribution is 5.87. The van der Waals surface area contributed by atoms with Crippen LogP contribution in [-0.2, 0) is 5.11 Å². The number of rotatable bonds is 1. The fraction of sp³-hybridized carbons (Fsp3) is 0. The van der Waals surface area contributed by atoms with E-state index in [0.717, 1.165) is 5.39 Å². The summed E-state index contributed by atoms with van der Waals surface area (Å²) in [5.41, 5.74) is 0. The first kappa shape index (κ1) is 8.50. The average Bonchev–Trinajstić information content (AvgIpc) is 2.18. The Hall–Kier alpha value is -2.10. The van der Waals surface area contributed by atoms with E-state index in [0.29, 0.717) is 5.39 Å². The molecular weight excluding hydrogens is 182 g/mol. The molecule has 1 heterocycles. The second kappa shape index (κ2) is 3.33. The maximum absolute atomic E-state index is 10.2. The van der Waals surface area contributed by atoms with Crippen LogP contribution in [0.4, 0.5) is 4.79 Å². The highest BCUT2D eigenvalue weighted by Crippen LogP contribution is 2.22. The summed E-state index contributed by atoms with van der Waals surface area (Å²) in [4.78, 5) is 14.0. The minimum atomic E-state index is -1.60. The molecule has 0 bridgehead atoms. The topological polar surface area (TPSA) is 59.1 Å². The van der Waals surface area contributed by atoms with Crippen LogP contribution < -0.4 is 4.74 Å². The number of nitrogens with zero attached hydrogens (tertiary/aromatic N) is 1. The Labute approximate surface area is 79.8 Å². The number of pyridine rings is 1. The minimum Gasteiger partial charge on any atom is -0.373 e. The molecule has 0 atom stereocenters. The lowest BCUT2D eigenvalue weighted by molar-refractivity contribution is 0.116. The molecule has 2 aromatic rings. The highest BCUT2D eigenvalue weighted by atomic mass is 16.7. The van der Waals surface area contributed by atoms with Crippen LogP contribution in [-0.4, -0.2) is 11.1 Å². The van der Waals surface area contributed by atoms with Gasteiger partial charge in [0.25, 0.3) is 0 Å². The summed E-state index contributed by atoms with van der Waals surface area (Å²) in [5, 5.41) is 11.8. The summed E-state index contributed by atoms with van der Waals surface area (Å²) in [6.07, 6.45) is -0.116. The number of hydrogen-bond acceptors (Lipinski definition) is 3. The maximum atomic E-state index is 10.2. The van der Waals surface area contributed by atoms with Gasteiger partial charge in [0.15, 0.2) is 0 Å². The molecule has 0 N–H and O–H groups in total. The lowest BCUT2D eigenvalue weighted by Gasteiger charge is -2.01. The van der Waals surface area contributed by atoms with Crippen LogP contribution in [0.15, 0.2) is 36.5 Å². The lowest BCUT2D eigenvalue weighted by atomic mass is 10.2. The number of carbonyl (C=O) groups is 1. The highest BCUT2D eigenvalue weighted by Gasteiger charge is 2.07. The van der Waals surface area contributed by atoms with Crippen molar-refractivity contribution in [3.8, 4) is 5.88 Å². The second-order valence-corrected chi connectivity index (χ2v) is 2.69. The van der Waals surface area contributed by atoms with Crippen LogP contribution in [0.5, 0.6) is 5.88 Å². The van der Waals surface area contributed by atoms with E-state index >= 15 is 0 Å². The SMILES string of the molecule is [O]C(=O)Oc1nccc2ccccc12. The van der Waals surface area contributed by atoms with Crippen molar-refractivity contribution in [1.29, 1.82) is 0 Å². The Kier molecular flexibility index (Phi) is 2.02. The van der Waals surface area contributed by atoms with Gasteiger partial charge in [-0.2, -0.15) is 9.90 Å². The molecule has 0 saturated carbocycles. The van der Waals surface area contributed by atoms with Crippen molar-refractivity contribution in [3.63, 3.8) is 0 Å². The molecule has 2 rings (SSSR count). The average molecular weight is 188 g/mol. The van der Waals surface area contributed by atoms with E-state index in [-0.39, 0.29) is 5.88 Å². The molecule has 0 unspecified atom stereocenters. The van der Waals surface area contributed by atoms with Gasteiger partial charge in [-0.15, -0.1) is 0 Å². The summed E-state index contributed by atoms with van der Waals surface area (Å²) in [6.45, 7) is 0. The monoisotopic (exact) mass is 188 g/mol. The van der Waals surface area contributed by atoms with Gasteiger partial charge in [-0.3, -0.25) is 0 Å². The zero-order valence-electron chi connectivity index (χ0n) is 7.14. The summed E-state index contributed by atoms with van der Waals surface area (Å²) >= 11 is 0. The van der Waals surface area contributed by atoms with E-state index in [1.54, 1.807) is 18.2 Å². The van der Waals surface area contributed by atoms with Crippen LogP contribution in [0.3, 0.4) is 0 Å². The molecule has 0 spiro atoms. The molecule has 4 nitrogen and oxygen atoms in total. The van der Waals surface area contributed by atoms with Crippen LogP contribution in [0, 0.1) is 0 Å². The van der Waals surface area contributed by atoms with Gasteiger partial charge in [-0.05, 0) is 17.5 Å². The largest absolute Gasteiger partial charge is 0.557 e. The normalized spacial score (nSPS) is 10.0. The molecule has 0 aliphatic carbocycles. The maximum Gasteiger partial charge on any atom is 0.557 e. The van der Waals surface area contributed by atoms with Gasteiger partial charge in [0, 0.05) is 11.6 Å². The van der Waals surface area contributed by atoms with Crippen LogP contribution in [0.2, 0.25) is 0 Å². The summed E-state index contributed by atoms with van der Waals surface area (Å²) in [5.74, 6) is 0.0584.